The topological polar surface area (TPSA) is 66.5 Å². The van der Waals surface area contributed by atoms with Gasteiger partial charge in [0.15, 0.2) is 0 Å². The van der Waals surface area contributed by atoms with Crippen LogP contribution in [0.25, 0.3) is 0 Å². The van der Waals surface area contributed by atoms with Gasteiger partial charge in [-0.25, -0.2) is 8.42 Å². The molecular formula is C15H22N2O3S. The number of amides is 1. The lowest BCUT2D eigenvalue weighted by Gasteiger charge is -2.21. The third-order valence-corrected chi connectivity index (χ3v) is 4.57. The van der Waals surface area contributed by atoms with E-state index < -0.39 is 9.84 Å². The van der Waals surface area contributed by atoms with E-state index in [4.69, 9.17) is 0 Å². The summed E-state index contributed by atoms with van der Waals surface area (Å²) in [4.78, 5) is 13.9. The normalized spacial score (nSPS) is 16.9. The lowest BCUT2D eigenvalue weighted by molar-refractivity contribution is -0.129. The van der Waals surface area contributed by atoms with Crippen molar-refractivity contribution in [2.45, 2.75) is 18.9 Å². The highest BCUT2D eigenvalue weighted by atomic mass is 32.2. The minimum absolute atomic E-state index is 0.00963. The maximum absolute atomic E-state index is 12.1. The number of carbonyl (C=O) groups is 1. The van der Waals surface area contributed by atoms with Gasteiger partial charge in [0.05, 0.1) is 12.3 Å². The molecule has 1 saturated heterocycles. The highest BCUT2D eigenvalue weighted by Gasteiger charge is 2.21. The molecule has 1 aliphatic rings. The van der Waals surface area contributed by atoms with Gasteiger partial charge >= 0.3 is 0 Å². The molecule has 0 radical (unpaired) electrons. The number of nitrogens with one attached hydrogen (secondary N) is 1. The molecule has 116 valence electrons. The van der Waals surface area contributed by atoms with E-state index in [2.05, 4.69) is 5.32 Å². The average Bonchev–Trinajstić information content (AvgIpc) is 2.97. The summed E-state index contributed by atoms with van der Waals surface area (Å²) >= 11 is 0. The average molecular weight is 310 g/mol. The van der Waals surface area contributed by atoms with Gasteiger partial charge in [-0.2, -0.15) is 0 Å². The minimum atomic E-state index is -3.13. The fourth-order valence-electron chi connectivity index (χ4n) is 2.55. The molecule has 1 aromatic rings. The Kier molecular flexibility index (Phi) is 5.36. The molecule has 0 unspecified atom stereocenters. The first-order valence-corrected chi connectivity index (χ1v) is 9.25. The zero-order valence-corrected chi connectivity index (χ0v) is 13.1. The summed E-state index contributed by atoms with van der Waals surface area (Å²) < 4.78 is 23.2. The number of sulfone groups is 1. The summed E-state index contributed by atoms with van der Waals surface area (Å²) in [5.41, 5.74) is 0.886. The molecule has 0 aromatic heterocycles. The van der Waals surface area contributed by atoms with Crippen molar-refractivity contribution < 1.29 is 13.2 Å². The van der Waals surface area contributed by atoms with Crippen molar-refractivity contribution in [1.82, 2.24) is 10.2 Å². The lowest BCUT2D eigenvalue weighted by atomic mass is 10.1. The number of hydrogen-bond acceptors (Lipinski definition) is 4. The number of likely N-dealkylation sites (tertiary alicyclic amines) is 1. The third kappa shape index (κ3) is 5.13. The zero-order chi connectivity index (χ0) is 15.3. The smallest absolute Gasteiger partial charge is 0.236 e. The predicted octanol–water partition coefficient (Wildman–Crippen LogP) is 0.984. The molecule has 1 heterocycles. The van der Waals surface area contributed by atoms with Gasteiger partial charge in [-0.3, -0.25) is 4.79 Å². The Morgan fingerprint density at radius 1 is 1.24 bits per heavy atom. The van der Waals surface area contributed by atoms with E-state index in [1.54, 1.807) is 0 Å². The maximum Gasteiger partial charge on any atom is 0.236 e. The van der Waals surface area contributed by atoms with Crippen LogP contribution in [0, 0.1) is 0 Å². The van der Waals surface area contributed by atoms with Crippen LogP contribution in [0.3, 0.4) is 0 Å². The van der Waals surface area contributed by atoms with Gasteiger partial charge in [0.2, 0.25) is 5.91 Å². The summed E-state index contributed by atoms with van der Waals surface area (Å²) in [5.74, 6) is 0.0338. The van der Waals surface area contributed by atoms with Crippen LogP contribution in [0.1, 0.15) is 24.4 Å². The number of hydrogen-bond donors (Lipinski definition) is 1. The SMILES string of the molecule is CS(=O)(=O)C[C@H](NCC(=O)N1CCCC1)c1ccccc1. The molecule has 6 heteroatoms. The van der Waals surface area contributed by atoms with Gasteiger partial charge in [0, 0.05) is 25.4 Å². The number of rotatable bonds is 6. The van der Waals surface area contributed by atoms with Gasteiger partial charge in [-0.15, -0.1) is 0 Å². The first kappa shape index (κ1) is 16.0. The van der Waals surface area contributed by atoms with Crippen LogP contribution < -0.4 is 5.32 Å². The molecule has 1 aromatic carbocycles. The Morgan fingerprint density at radius 3 is 2.43 bits per heavy atom. The summed E-state index contributed by atoms with van der Waals surface area (Å²) in [5, 5.41) is 3.10. The Bertz CT molecular complexity index is 566. The second-order valence-electron chi connectivity index (χ2n) is 5.52. The van der Waals surface area contributed by atoms with Crippen molar-refractivity contribution in [1.29, 1.82) is 0 Å². The van der Waals surface area contributed by atoms with E-state index in [9.17, 15) is 13.2 Å². The van der Waals surface area contributed by atoms with Gasteiger partial charge < -0.3 is 10.2 Å². The highest BCUT2D eigenvalue weighted by Crippen LogP contribution is 2.15. The van der Waals surface area contributed by atoms with E-state index >= 15 is 0 Å². The molecule has 0 bridgehead atoms. The van der Waals surface area contributed by atoms with Crippen molar-refractivity contribution >= 4 is 15.7 Å². The van der Waals surface area contributed by atoms with Crippen LogP contribution in [0.5, 0.6) is 0 Å². The fraction of sp³-hybridized carbons (Fsp3) is 0.533. The van der Waals surface area contributed by atoms with Gasteiger partial charge in [-0.05, 0) is 18.4 Å². The largest absolute Gasteiger partial charge is 0.342 e. The van der Waals surface area contributed by atoms with Crippen molar-refractivity contribution in [3.63, 3.8) is 0 Å². The molecule has 2 rings (SSSR count). The van der Waals surface area contributed by atoms with Crippen LogP contribution in [0.2, 0.25) is 0 Å². The van der Waals surface area contributed by atoms with E-state index in [1.165, 1.54) is 6.26 Å². The molecule has 1 atom stereocenters. The molecule has 1 aliphatic heterocycles. The van der Waals surface area contributed by atoms with Crippen LogP contribution in [-0.4, -0.2) is 50.9 Å². The zero-order valence-electron chi connectivity index (χ0n) is 12.3. The number of carbonyl (C=O) groups excluding carboxylic acids is 1. The van der Waals surface area contributed by atoms with Crippen LogP contribution in [0.4, 0.5) is 0 Å². The molecule has 0 spiro atoms. The van der Waals surface area contributed by atoms with Crippen molar-refractivity contribution in [3.05, 3.63) is 35.9 Å². The van der Waals surface area contributed by atoms with Crippen LogP contribution in [-0.2, 0) is 14.6 Å². The number of nitrogens with zero attached hydrogens (tertiary/aromatic N) is 1. The molecule has 1 N–H and O–H groups in total. The summed E-state index contributed by atoms with van der Waals surface area (Å²) in [6, 6.07) is 9.03. The van der Waals surface area contributed by atoms with Crippen LogP contribution in [0.15, 0.2) is 30.3 Å². The second-order valence-corrected chi connectivity index (χ2v) is 7.71. The van der Waals surface area contributed by atoms with Gasteiger partial charge in [0.25, 0.3) is 0 Å². The van der Waals surface area contributed by atoms with Gasteiger partial charge in [0.1, 0.15) is 9.84 Å². The van der Waals surface area contributed by atoms with Crippen molar-refractivity contribution in [3.8, 4) is 0 Å². The molecule has 0 saturated carbocycles. The van der Waals surface area contributed by atoms with Crippen molar-refractivity contribution in [2.24, 2.45) is 0 Å². The Labute approximate surface area is 126 Å². The first-order chi connectivity index (χ1) is 9.96. The van der Waals surface area contributed by atoms with Gasteiger partial charge in [-0.1, -0.05) is 30.3 Å². The first-order valence-electron chi connectivity index (χ1n) is 7.19. The van der Waals surface area contributed by atoms with Crippen LogP contribution >= 0.6 is 0 Å². The third-order valence-electron chi connectivity index (χ3n) is 3.63. The quantitative estimate of drug-likeness (QED) is 0.851. The van der Waals surface area contributed by atoms with E-state index in [0.717, 1.165) is 31.5 Å². The molecule has 0 aliphatic carbocycles. The fourth-order valence-corrected chi connectivity index (χ4v) is 3.47. The standard InChI is InChI=1S/C15H22N2O3S/c1-21(19,20)12-14(13-7-3-2-4-8-13)16-11-15(18)17-9-5-6-10-17/h2-4,7-8,14,16H,5-6,9-12H2,1H3/t14-/m0/s1. The maximum atomic E-state index is 12.1. The summed E-state index contributed by atoms with van der Waals surface area (Å²) in [6.45, 7) is 1.79. The van der Waals surface area contributed by atoms with Crippen molar-refractivity contribution in [2.75, 3.05) is 31.6 Å². The second kappa shape index (κ2) is 7.04. The molecular weight excluding hydrogens is 288 g/mol. The molecule has 21 heavy (non-hydrogen) atoms. The van der Waals surface area contributed by atoms with E-state index in [-0.39, 0.29) is 24.2 Å². The summed E-state index contributed by atoms with van der Waals surface area (Å²) in [7, 11) is -3.13. The lowest BCUT2D eigenvalue weighted by Crippen LogP contribution is -2.39. The van der Waals surface area contributed by atoms with E-state index in [0.29, 0.717) is 0 Å². The molecule has 5 nitrogen and oxygen atoms in total. The Balaban J connectivity index is 2.00. The number of benzene rings is 1. The minimum Gasteiger partial charge on any atom is -0.342 e. The highest BCUT2D eigenvalue weighted by molar-refractivity contribution is 7.90. The summed E-state index contributed by atoms with van der Waals surface area (Å²) in [6.07, 6.45) is 3.32. The monoisotopic (exact) mass is 310 g/mol. The predicted molar refractivity (Wildman–Crippen MR) is 82.7 cm³/mol. The molecule has 1 amide bonds. The Morgan fingerprint density at radius 2 is 1.86 bits per heavy atom. The van der Waals surface area contributed by atoms with E-state index in [1.807, 2.05) is 35.2 Å². The Hall–Kier alpha value is -1.40. The molecule has 1 fully saturated rings.